The molecule has 0 radical (unpaired) electrons. The summed E-state index contributed by atoms with van der Waals surface area (Å²) in [5.74, 6) is 0.373. The fourth-order valence-electron chi connectivity index (χ4n) is 4.34. The molecule has 3 heteroatoms. The summed E-state index contributed by atoms with van der Waals surface area (Å²) in [7, 11) is 0.385. The molecule has 0 amide bonds. The second kappa shape index (κ2) is 9.91. The molecule has 4 rings (SSSR count). The monoisotopic (exact) mass is 454 g/mol. The average Bonchev–Trinajstić information content (AvgIpc) is 2.82. The summed E-state index contributed by atoms with van der Waals surface area (Å²) in [4.78, 5) is 0. The first-order valence-electron chi connectivity index (χ1n) is 11.3. The summed E-state index contributed by atoms with van der Waals surface area (Å²) in [5, 5.41) is 23.3. The maximum atomic E-state index is 11.2. The third kappa shape index (κ3) is 5.19. The van der Waals surface area contributed by atoms with Gasteiger partial charge in [0.2, 0.25) is 0 Å². The fourth-order valence-corrected chi connectivity index (χ4v) is 5.94. The van der Waals surface area contributed by atoms with E-state index in [-0.39, 0.29) is 5.16 Å². The van der Waals surface area contributed by atoms with Gasteiger partial charge in [-0.25, -0.2) is 0 Å². The molecular weight excluding hydrogens is 423 g/mol. The van der Waals surface area contributed by atoms with Crippen molar-refractivity contribution in [1.29, 1.82) is 0 Å². The van der Waals surface area contributed by atoms with Crippen LogP contribution in [0.25, 0.3) is 0 Å². The number of phenolic OH excluding ortho intramolecular Hbond substituents is 1. The van der Waals surface area contributed by atoms with Gasteiger partial charge in [-0.2, -0.15) is 0 Å². The first-order valence-corrected chi connectivity index (χ1v) is 12.3. The van der Waals surface area contributed by atoms with Gasteiger partial charge in [-0.1, -0.05) is 119 Å². The van der Waals surface area contributed by atoms with Crippen molar-refractivity contribution in [2.75, 3.05) is 0 Å². The van der Waals surface area contributed by atoms with Gasteiger partial charge in [0.1, 0.15) is 11.9 Å². The predicted octanol–water partition coefficient (Wildman–Crippen LogP) is 6.61. The number of hydrogen-bond donors (Lipinski definition) is 2. The van der Waals surface area contributed by atoms with Crippen LogP contribution in [-0.4, -0.2) is 10.2 Å². The maximum absolute atomic E-state index is 11.2. The first kappa shape index (κ1) is 23.2. The van der Waals surface area contributed by atoms with E-state index in [4.69, 9.17) is 0 Å². The zero-order valence-electron chi connectivity index (χ0n) is 19.4. The Hall–Kier alpha value is -2.93. The zero-order valence-corrected chi connectivity index (χ0v) is 20.4. The molecule has 0 saturated carbocycles. The van der Waals surface area contributed by atoms with E-state index < -0.39 is 6.10 Å². The van der Waals surface area contributed by atoms with Crippen LogP contribution in [0.1, 0.15) is 53.3 Å². The Morgan fingerprint density at radius 3 is 2.12 bits per heavy atom. The molecule has 4 aromatic rings. The van der Waals surface area contributed by atoms with Crippen LogP contribution in [0.15, 0.2) is 97.1 Å². The number of phenols is 1. The highest BCUT2D eigenvalue weighted by Crippen LogP contribution is 2.46. The minimum atomic E-state index is -0.678. The van der Waals surface area contributed by atoms with Gasteiger partial charge >= 0.3 is 0 Å². The van der Waals surface area contributed by atoms with Gasteiger partial charge in [0.25, 0.3) is 0 Å². The smallest absolute Gasteiger partial charge is 0.123 e. The van der Waals surface area contributed by atoms with Gasteiger partial charge in [-0.15, -0.1) is 0 Å². The molecule has 0 bridgehead atoms. The normalized spacial score (nSPS) is 12.8. The SMILES string of the molecule is Cc1cccc(C(O)c2ccccc2)c1PC(C)(C)c1cccc(Cc2ccccc2)c1O. The topological polar surface area (TPSA) is 40.5 Å². The highest BCUT2D eigenvalue weighted by molar-refractivity contribution is 7.48. The van der Waals surface area contributed by atoms with Crippen molar-refractivity contribution >= 4 is 13.9 Å². The molecule has 0 heterocycles. The molecule has 0 aromatic heterocycles. The number of aromatic hydroxyl groups is 1. The van der Waals surface area contributed by atoms with Gasteiger partial charge in [0.15, 0.2) is 0 Å². The summed E-state index contributed by atoms with van der Waals surface area (Å²) in [5.41, 5.74) is 6.04. The van der Waals surface area contributed by atoms with Crippen molar-refractivity contribution in [1.82, 2.24) is 0 Å². The van der Waals surface area contributed by atoms with Gasteiger partial charge in [0, 0.05) is 17.1 Å². The Kier molecular flexibility index (Phi) is 6.98. The Labute approximate surface area is 198 Å². The minimum Gasteiger partial charge on any atom is -0.507 e. The van der Waals surface area contributed by atoms with Gasteiger partial charge < -0.3 is 10.2 Å². The summed E-state index contributed by atoms with van der Waals surface area (Å²) in [6.45, 7) is 6.46. The van der Waals surface area contributed by atoms with E-state index in [1.54, 1.807) is 0 Å². The van der Waals surface area contributed by atoms with Gasteiger partial charge in [-0.05, 0) is 40.0 Å². The molecule has 0 saturated heterocycles. The third-order valence-corrected chi connectivity index (χ3v) is 8.01. The largest absolute Gasteiger partial charge is 0.507 e. The van der Waals surface area contributed by atoms with E-state index in [2.05, 4.69) is 39.0 Å². The maximum Gasteiger partial charge on any atom is 0.123 e. The van der Waals surface area contributed by atoms with E-state index in [0.29, 0.717) is 20.8 Å². The predicted molar refractivity (Wildman–Crippen MR) is 140 cm³/mol. The van der Waals surface area contributed by atoms with E-state index >= 15 is 0 Å². The van der Waals surface area contributed by atoms with Crippen LogP contribution in [0, 0.1) is 6.92 Å². The fraction of sp³-hybridized carbons (Fsp3) is 0.200. The Balaban J connectivity index is 1.68. The van der Waals surface area contributed by atoms with Crippen LogP contribution < -0.4 is 5.30 Å². The molecule has 0 aliphatic carbocycles. The van der Waals surface area contributed by atoms with Crippen LogP contribution in [0.2, 0.25) is 0 Å². The van der Waals surface area contributed by atoms with Crippen molar-refractivity contribution < 1.29 is 10.2 Å². The molecule has 0 spiro atoms. The first-order chi connectivity index (χ1) is 15.9. The molecular formula is C30H31O2P. The molecule has 2 atom stereocenters. The summed E-state index contributed by atoms with van der Waals surface area (Å²) in [6.07, 6.45) is 0.0181. The average molecular weight is 455 g/mol. The third-order valence-electron chi connectivity index (χ3n) is 6.18. The zero-order chi connectivity index (χ0) is 23.4. The minimum absolute atomic E-state index is 0.298. The van der Waals surface area contributed by atoms with Crippen LogP contribution in [0.5, 0.6) is 5.75 Å². The van der Waals surface area contributed by atoms with Crippen LogP contribution >= 0.6 is 8.58 Å². The van der Waals surface area contributed by atoms with Gasteiger partial charge in [0.05, 0.1) is 0 Å². The molecule has 2 unspecified atom stereocenters. The van der Waals surface area contributed by atoms with Crippen molar-refractivity contribution in [2.45, 2.75) is 38.5 Å². The molecule has 0 fully saturated rings. The summed E-state index contributed by atoms with van der Waals surface area (Å²) < 4.78 is 0. The van der Waals surface area contributed by atoms with E-state index in [0.717, 1.165) is 33.1 Å². The van der Waals surface area contributed by atoms with E-state index in [1.165, 1.54) is 5.56 Å². The lowest BCUT2D eigenvalue weighted by atomic mass is 9.95. The van der Waals surface area contributed by atoms with Crippen molar-refractivity contribution in [2.24, 2.45) is 0 Å². The Bertz CT molecular complexity index is 1220. The van der Waals surface area contributed by atoms with Crippen LogP contribution in [-0.2, 0) is 11.6 Å². The molecule has 33 heavy (non-hydrogen) atoms. The number of para-hydroxylation sites is 1. The highest BCUT2D eigenvalue weighted by atomic mass is 31.1. The Morgan fingerprint density at radius 2 is 1.42 bits per heavy atom. The number of benzene rings is 4. The van der Waals surface area contributed by atoms with Crippen LogP contribution in [0.3, 0.4) is 0 Å². The number of aliphatic hydroxyl groups is 1. The van der Waals surface area contributed by atoms with E-state index in [9.17, 15) is 10.2 Å². The molecule has 0 aliphatic heterocycles. The summed E-state index contributed by atoms with van der Waals surface area (Å²) in [6, 6.07) is 32.2. The molecule has 168 valence electrons. The Morgan fingerprint density at radius 1 is 0.788 bits per heavy atom. The second-order valence-electron chi connectivity index (χ2n) is 9.08. The van der Waals surface area contributed by atoms with E-state index in [1.807, 2.05) is 78.9 Å². The lowest BCUT2D eigenvalue weighted by Gasteiger charge is -2.30. The quantitative estimate of drug-likeness (QED) is 0.308. The van der Waals surface area contributed by atoms with Crippen molar-refractivity contribution in [3.05, 3.63) is 130 Å². The van der Waals surface area contributed by atoms with Crippen molar-refractivity contribution in [3.63, 3.8) is 0 Å². The lowest BCUT2D eigenvalue weighted by Crippen LogP contribution is -2.21. The molecule has 2 nitrogen and oxygen atoms in total. The standard InChI is InChI=1S/C30H31O2P/c1-21-12-10-18-25(27(31)23-15-8-5-9-16-23)29(21)33-30(2,3)26-19-11-17-24(28(26)32)20-22-13-6-4-7-14-22/h4-19,27,31-33H,20H2,1-3H3. The number of hydrogen-bond acceptors (Lipinski definition) is 2. The van der Waals surface area contributed by atoms with Crippen LogP contribution in [0.4, 0.5) is 0 Å². The molecule has 0 aliphatic rings. The van der Waals surface area contributed by atoms with Crippen molar-refractivity contribution in [3.8, 4) is 5.75 Å². The lowest BCUT2D eigenvalue weighted by molar-refractivity contribution is 0.221. The highest BCUT2D eigenvalue weighted by Gasteiger charge is 2.28. The number of rotatable bonds is 7. The number of aliphatic hydroxyl groups excluding tert-OH is 1. The molecule has 2 N–H and O–H groups in total. The van der Waals surface area contributed by atoms with Gasteiger partial charge in [-0.3, -0.25) is 0 Å². The summed E-state index contributed by atoms with van der Waals surface area (Å²) >= 11 is 0. The molecule has 4 aromatic carbocycles. The number of aryl methyl sites for hydroxylation is 1. The second-order valence-corrected chi connectivity index (χ2v) is 11.1.